The smallest absolute Gasteiger partial charge is 0.407 e. The van der Waals surface area contributed by atoms with E-state index < -0.39 is 6.09 Å². The Morgan fingerprint density at radius 1 is 1.67 bits per heavy atom. The van der Waals surface area contributed by atoms with Gasteiger partial charge in [-0.2, -0.15) is 0 Å². The number of likely N-dealkylation sites (N-methyl/N-ethyl adjacent to an activating group) is 1. The average molecular weight is 174 g/mol. The van der Waals surface area contributed by atoms with Crippen molar-refractivity contribution in [2.45, 2.75) is 6.04 Å². The van der Waals surface area contributed by atoms with Crippen molar-refractivity contribution < 1.29 is 15.0 Å². The molecule has 0 bridgehead atoms. The normalized spacial score (nSPS) is 18.1. The molecule has 0 aromatic rings. The summed E-state index contributed by atoms with van der Waals surface area (Å²) in [6.45, 7) is 1.86. The van der Waals surface area contributed by atoms with Gasteiger partial charge in [-0.05, 0) is 7.05 Å². The van der Waals surface area contributed by atoms with E-state index in [1.807, 2.05) is 11.9 Å². The first kappa shape index (κ1) is 9.28. The minimum absolute atomic E-state index is 0.125. The molecule has 2 N–H and O–H groups in total. The van der Waals surface area contributed by atoms with Gasteiger partial charge >= 0.3 is 6.09 Å². The molecule has 0 atom stereocenters. The lowest BCUT2D eigenvalue weighted by atomic mass is 10.1. The number of carboxylic acid groups (broad SMARTS) is 1. The lowest BCUT2D eigenvalue weighted by molar-refractivity contribution is 0.0422. The van der Waals surface area contributed by atoms with E-state index >= 15 is 0 Å². The number of carbonyl (C=O) groups is 1. The van der Waals surface area contributed by atoms with Crippen LogP contribution in [0.1, 0.15) is 0 Å². The second-order valence-corrected chi connectivity index (χ2v) is 3.05. The highest BCUT2D eigenvalue weighted by Crippen LogP contribution is 2.12. The largest absolute Gasteiger partial charge is 0.465 e. The molecule has 1 aliphatic rings. The zero-order valence-electron chi connectivity index (χ0n) is 7.10. The van der Waals surface area contributed by atoms with Gasteiger partial charge in [0, 0.05) is 25.7 Å². The van der Waals surface area contributed by atoms with Crippen LogP contribution in [0.15, 0.2) is 0 Å². The van der Waals surface area contributed by atoms with Crippen LogP contribution in [0.2, 0.25) is 0 Å². The molecule has 0 aliphatic carbocycles. The molecule has 70 valence electrons. The van der Waals surface area contributed by atoms with Crippen LogP contribution < -0.4 is 0 Å². The Balaban J connectivity index is 2.20. The monoisotopic (exact) mass is 174 g/mol. The van der Waals surface area contributed by atoms with Crippen molar-refractivity contribution in [3.05, 3.63) is 0 Å². The van der Waals surface area contributed by atoms with E-state index in [1.165, 1.54) is 4.90 Å². The summed E-state index contributed by atoms with van der Waals surface area (Å²) in [5.41, 5.74) is 0. The summed E-state index contributed by atoms with van der Waals surface area (Å²) in [5, 5.41) is 17.1. The molecular formula is C7H14N2O3. The molecule has 0 aromatic carbocycles. The number of hydrogen-bond acceptors (Lipinski definition) is 3. The molecule has 0 spiro atoms. The third-order valence-electron chi connectivity index (χ3n) is 2.21. The van der Waals surface area contributed by atoms with Gasteiger partial charge in [-0.3, -0.25) is 4.90 Å². The minimum Gasteiger partial charge on any atom is -0.465 e. The van der Waals surface area contributed by atoms with Crippen LogP contribution in [0.25, 0.3) is 0 Å². The standard InChI is InChI=1S/C7H14N2O3/c1-8(2-3-10)6-4-9(5-6)7(11)12/h6,10H,2-5H2,1H3,(H,11,12). The zero-order chi connectivity index (χ0) is 9.14. The van der Waals surface area contributed by atoms with Gasteiger partial charge in [-0.1, -0.05) is 0 Å². The average Bonchev–Trinajstić information content (AvgIpc) is 1.82. The highest BCUT2D eigenvalue weighted by atomic mass is 16.4. The van der Waals surface area contributed by atoms with E-state index in [1.54, 1.807) is 0 Å². The lowest BCUT2D eigenvalue weighted by Crippen LogP contribution is -2.60. The summed E-state index contributed by atoms with van der Waals surface area (Å²) in [6, 6.07) is 0.285. The molecule has 1 heterocycles. The molecule has 1 saturated heterocycles. The van der Waals surface area contributed by atoms with Crippen molar-refractivity contribution in [1.82, 2.24) is 9.80 Å². The Morgan fingerprint density at radius 3 is 2.67 bits per heavy atom. The number of amides is 1. The van der Waals surface area contributed by atoms with Gasteiger partial charge in [0.25, 0.3) is 0 Å². The van der Waals surface area contributed by atoms with Crippen LogP contribution in [0.5, 0.6) is 0 Å². The van der Waals surface area contributed by atoms with E-state index in [-0.39, 0.29) is 12.6 Å². The van der Waals surface area contributed by atoms with Crippen LogP contribution in [-0.4, -0.2) is 65.4 Å². The molecule has 12 heavy (non-hydrogen) atoms. The number of aliphatic hydroxyl groups excluding tert-OH is 1. The van der Waals surface area contributed by atoms with Crippen molar-refractivity contribution in [1.29, 1.82) is 0 Å². The maximum atomic E-state index is 10.4. The van der Waals surface area contributed by atoms with E-state index in [2.05, 4.69) is 0 Å². The van der Waals surface area contributed by atoms with Crippen molar-refractivity contribution >= 4 is 6.09 Å². The minimum atomic E-state index is -0.858. The van der Waals surface area contributed by atoms with Gasteiger partial charge < -0.3 is 15.1 Å². The molecule has 0 saturated carbocycles. The predicted octanol–water partition coefficient (Wildman–Crippen LogP) is -0.727. The van der Waals surface area contributed by atoms with E-state index in [0.717, 1.165) is 0 Å². The van der Waals surface area contributed by atoms with Gasteiger partial charge in [0.1, 0.15) is 0 Å². The Labute approximate surface area is 71.2 Å². The van der Waals surface area contributed by atoms with Gasteiger partial charge in [-0.15, -0.1) is 0 Å². The van der Waals surface area contributed by atoms with Gasteiger partial charge in [-0.25, -0.2) is 4.79 Å². The second kappa shape index (κ2) is 3.73. The first-order valence-electron chi connectivity index (χ1n) is 3.94. The third kappa shape index (κ3) is 1.86. The van der Waals surface area contributed by atoms with Crippen LogP contribution in [0, 0.1) is 0 Å². The number of hydrogen-bond donors (Lipinski definition) is 2. The number of aliphatic hydroxyl groups is 1. The Bertz CT molecular complexity index is 168. The summed E-state index contributed by atoms with van der Waals surface area (Å²) in [6.07, 6.45) is -0.858. The SMILES string of the molecule is CN(CCO)C1CN(C(=O)O)C1. The summed E-state index contributed by atoms with van der Waals surface area (Å²) >= 11 is 0. The summed E-state index contributed by atoms with van der Waals surface area (Å²) in [5.74, 6) is 0. The maximum absolute atomic E-state index is 10.4. The number of nitrogens with zero attached hydrogens (tertiary/aromatic N) is 2. The van der Waals surface area contributed by atoms with Gasteiger partial charge in [0.2, 0.25) is 0 Å². The molecule has 0 aromatic heterocycles. The van der Waals surface area contributed by atoms with Crippen LogP contribution in [0.3, 0.4) is 0 Å². The molecule has 1 rings (SSSR count). The first-order valence-corrected chi connectivity index (χ1v) is 3.94. The maximum Gasteiger partial charge on any atom is 0.407 e. The van der Waals surface area contributed by atoms with Crippen LogP contribution in [0.4, 0.5) is 4.79 Å². The van der Waals surface area contributed by atoms with Crippen molar-refractivity contribution in [2.24, 2.45) is 0 Å². The number of likely N-dealkylation sites (tertiary alicyclic amines) is 1. The lowest BCUT2D eigenvalue weighted by Gasteiger charge is -2.42. The summed E-state index contributed by atoms with van der Waals surface area (Å²) in [4.78, 5) is 13.7. The fourth-order valence-corrected chi connectivity index (χ4v) is 1.23. The van der Waals surface area contributed by atoms with E-state index in [9.17, 15) is 4.79 Å². The van der Waals surface area contributed by atoms with Crippen molar-refractivity contribution in [3.63, 3.8) is 0 Å². The second-order valence-electron chi connectivity index (χ2n) is 3.05. The van der Waals surface area contributed by atoms with Crippen LogP contribution >= 0.6 is 0 Å². The highest BCUT2D eigenvalue weighted by Gasteiger charge is 2.32. The fourth-order valence-electron chi connectivity index (χ4n) is 1.23. The molecular weight excluding hydrogens is 160 g/mol. The van der Waals surface area contributed by atoms with Gasteiger partial charge in [0.15, 0.2) is 0 Å². The van der Waals surface area contributed by atoms with Crippen molar-refractivity contribution in [3.8, 4) is 0 Å². The predicted molar refractivity (Wildman–Crippen MR) is 43.1 cm³/mol. The zero-order valence-corrected chi connectivity index (χ0v) is 7.10. The highest BCUT2D eigenvalue weighted by molar-refractivity contribution is 5.66. The van der Waals surface area contributed by atoms with E-state index in [0.29, 0.717) is 19.6 Å². The van der Waals surface area contributed by atoms with E-state index in [4.69, 9.17) is 10.2 Å². The fraction of sp³-hybridized carbons (Fsp3) is 0.857. The topological polar surface area (TPSA) is 64.0 Å². The molecule has 1 fully saturated rings. The molecule has 5 heteroatoms. The Kier molecular flexibility index (Phi) is 2.88. The molecule has 1 aliphatic heterocycles. The summed E-state index contributed by atoms with van der Waals surface area (Å²) < 4.78 is 0. The van der Waals surface area contributed by atoms with Crippen LogP contribution in [-0.2, 0) is 0 Å². The Hall–Kier alpha value is -0.810. The third-order valence-corrected chi connectivity index (χ3v) is 2.21. The first-order chi connectivity index (χ1) is 5.65. The summed E-state index contributed by atoms with van der Waals surface area (Å²) in [7, 11) is 1.89. The molecule has 0 radical (unpaired) electrons. The van der Waals surface area contributed by atoms with Crippen molar-refractivity contribution in [2.75, 3.05) is 33.3 Å². The Morgan fingerprint density at radius 2 is 2.25 bits per heavy atom. The number of rotatable bonds is 3. The quantitative estimate of drug-likeness (QED) is 0.592. The molecule has 5 nitrogen and oxygen atoms in total. The molecule has 0 unspecified atom stereocenters. The van der Waals surface area contributed by atoms with Gasteiger partial charge in [0.05, 0.1) is 6.61 Å². The molecule has 1 amide bonds.